The molecule has 1 aliphatic heterocycles. The molecule has 2 aliphatic rings. The molecule has 3 rings (SSSR count). The Labute approximate surface area is 127 Å². The van der Waals surface area contributed by atoms with Gasteiger partial charge in [-0.05, 0) is 30.5 Å². The summed E-state index contributed by atoms with van der Waals surface area (Å²) in [6.45, 7) is 0. The topological polar surface area (TPSA) is 99.3 Å². The quantitative estimate of drug-likeness (QED) is 0.639. The van der Waals surface area contributed by atoms with Crippen molar-refractivity contribution in [3.8, 4) is 0 Å². The van der Waals surface area contributed by atoms with Crippen LogP contribution in [0.4, 0.5) is 15.3 Å². The highest BCUT2D eigenvalue weighted by molar-refractivity contribution is 6.04. The lowest BCUT2D eigenvalue weighted by Crippen LogP contribution is -2.36. The van der Waals surface area contributed by atoms with E-state index in [1.54, 1.807) is 24.3 Å². The first-order valence-electron chi connectivity index (χ1n) is 7.40. The predicted molar refractivity (Wildman–Crippen MR) is 80.3 cm³/mol. The lowest BCUT2D eigenvalue weighted by molar-refractivity contribution is -0.120. The van der Waals surface area contributed by atoms with Crippen LogP contribution in [0.15, 0.2) is 24.3 Å². The van der Waals surface area contributed by atoms with Gasteiger partial charge in [0.2, 0.25) is 0 Å². The molecule has 1 saturated carbocycles. The SMILES string of the molecule is O=C(Nc1cccc(C2NC(=O)NC2=O)c1)NC1CCCC1. The molecule has 22 heavy (non-hydrogen) atoms. The molecule has 4 N–H and O–H groups in total. The molecule has 0 aromatic heterocycles. The molecular formula is C15H18N4O3. The standard InChI is InChI=1S/C15H18N4O3/c20-13-12(18-15(22)19-13)9-4-3-7-11(8-9)17-14(21)16-10-5-1-2-6-10/h3-4,7-8,10,12H,1-2,5-6H2,(H2,16,17,21)(H2,18,19,20,22). The number of rotatable bonds is 3. The van der Waals surface area contributed by atoms with Crippen LogP contribution in [0.1, 0.15) is 37.3 Å². The number of hydrogen-bond donors (Lipinski definition) is 4. The number of amides is 5. The van der Waals surface area contributed by atoms with Crippen molar-refractivity contribution in [3.63, 3.8) is 0 Å². The lowest BCUT2D eigenvalue weighted by atomic mass is 10.1. The average molecular weight is 302 g/mol. The number of imide groups is 1. The van der Waals surface area contributed by atoms with Crippen molar-refractivity contribution in [1.29, 1.82) is 0 Å². The second-order valence-corrected chi connectivity index (χ2v) is 5.60. The first-order chi connectivity index (χ1) is 10.6. The molecule has 1 aliphatic carbocycles. The summed E-state index contributed by atoms with van der Waals surface area (Å²) in [6.07, 6.45) is 4.33. The Bertz CT molecular complexity index is 611. The van der Waals surface area contributed by atoms with E-state index < -0.39 is 18.0 Å². The van der Waals surface area contributed by atoms with Gasteiger partial charge in [0.05, 0.1) is 0 Å². The zero-order chi connectivity index (χ0) is 15.5. The summed E-state index contributed by atoms with van der Waals surface area (Å²) in [5, 5.41) is 10.4. The number of benzene rings is 1. The van der Waals surface area contributed by atoms with Crippen molar-refractivity contribution in [2.45, 2.75) is 37.8 Å². The summed E-state index contributed by atoms with van der Waals surface area (Å²) >= 11 is 0. The minimum absolute atomic E-state index is 0.239. The maximum Gasteiger partial charge on any atom is 0.322 e. The fraction of sp³-hybridized carbons (Fsp3) is 0.400. The summed E-state index contributed by atoms with van der Waals surface area (Å²) < 4.78 is 0. The van der Waals surface area contributed by atoms with Crippen molar-refractivity contribution in [1.82, 2.24) is 16.0 Å². The number of nitrogens with one attached hydrogen (secondary N) is 4. The Morgan fingerprint density at radius 2 is 1.95 bits per heavy atom. The Kier molecular flexibility index (Phi) is 3.95. The van der Waals surface area contributed by atoms with Gasteiger partial charge < -0.3 is 16.0 Å². The molecule has 0 bridgehead atoms. The molecule has 1 aromatic rings. The van der Waals surface area contributed by atoms with Crippen LogP contribution in [0.3, 0.4) is 0 Å². The van der Waals surface area contributed by atoms with E-state index in [4.69, 9.17) is 0 Å². The van der Waals surface area contributed by atoms with Crippen LogP contribution in [0.5, 0.6) is 0 Å². The third-order valence-electron chi connectivity index (χ3n) is 3.94. The van der Waals surface area contributed by atoms with Crippen molar-refractivity contribution >= 4 is 23.7 Å². The summed E-state index contributed by atoms with van der Waals surface area (Å²) in [4.78, 5) is 34.8. The van der Waals surface area contributed by atoms with Gasteiger partial charge in [0.15, 0.2) is 0 Å². The van der Waals surface area contributed by atoms with Gasteiger partial charge >= 0.3 is 12.1 Å². The molecule has 116 valence electrons. The smallest absolute Gasteiger partial charge is 0.322 e. The monoisotopic (exact) mass is 302 g/mol. The lowest BCUT2D eigenvalue weighted by Gasteiger charge is -2.14. The van der Waals surface area contributed by atoms with Gasteiger partial charge in [-0.2, -0.15) is 0 Å². The molecule has 0 radical (unpaired) electrons. The van der Waals surface area contributed by atoms with Crippen LogP contribution in [-0.4, -0.2) is 24.0 Å². The Morgan fingerprint density at radius 3 is 2.64 bits per heavy atom. The zero-order valence-electron chi connectivity index (χ0n) is 12.0. The van der Waals surface area contributed by atoms with Crippen molar-refractivity contribution < 1.29 is 14.4 Å². The van der Waals surface area contributed by atoms with E-state index in [9.17, 15) is 14.4 Å². The fourth-order valence-corrected chi connectivity index (χ4v) is 2.87. The van der Waals surface area contributed by atoms with Gasteiger partial charge in [-0.15, -0.1) is 0 Å². The van der Waals surface area contributed by atoms with Gasteiger partial charge in [0.25, 0.3) is 5.91 Å². The van der Waals surface area contributed by atoms with E-state index in [1.165, 1.54) is 0 Å². The third kappa shape index (κ3) is 3.19. The number of urea groups is 2. The molecule has 7 heteroatoms. The number of carbonyl (C=O) groups excluding carboxylic acids is 3. The van der Waals surface area contributed by atoms with Crippen molar-refractivity contribution in [2.75, 3.05) is 5.32 Å². The Balaban J connectivity index is 1.64. The predicted octanol–water partition coefficient (Wildman–Crippen LogP) is 1.63. The van der Waals surface area contributed by atoms with Gasteiger partial charge in [0, 0.05) is 11.7 Å². The molecule has 1 aromatic carbocycles. The largest absolute Gasteiger partial charge is 0.335 e. The second-order valence-electron chi connectivity index (χ2n) is 5.60. The first kappa shape index (κ1) is 14.4. The van der Waals surface area contributed by atoms with Crippen LogP contribution in [0.2, 0.25) is 0 Å². The van der Waals surface area contributed by atoms with Crippen LogP contribution in [0, 0.1) is 0 Å². The molecule has 7 nitrogen and oxygen atoms in total. The van der Waals surface area contributed by atoms with Crippen LogP contribution in [0.25, 0.3) is 0 Å². The van der Waals surface area contributed by atoms with Crippen LogP contribution in [-0.2, 0) is 4.79 Å². The summed E-state index contributed by atoms with van der Waals surface area (Å²) in [5.74, 6) is -0.391. The summed E-state index contributed by atoms with van der Waals surface area (Å²) in [5.41, 5.74) is 1.21. The van der Waals surface area contributed by atoms with E-state index in [1.807, 2.05) is 0 Å². The highest BCUT2D eigenvalue weighted by atomic mass is 16.2. The third-order valence-corrected chi connectivity index (χ3v) is 3.94. The highest BCUT2D eigenvalue weighted by Gasteiger charge is 2.30. The van der Waals surface area contributed by atoms with Crippen molar-refractivity contribution in [3.05, 3.63) is 29.8 Å². The molecule has 0 spiro atoms. The molecular weight excluding hydrogens is 284 g/mol. The van der Waals surface area contributed by atoms with Gasteiger partial charge in [-0.25, -0.2) is 9.59 Å². The van der Waals surface area contributed by atoms with Gasteiger partial charge in [-0.3, -0.25) is 10.1 Å². The van der Waals surface area contributed by atoms with E-state index in [-0.39, 0.29) is 12.1 Å². The van der Waals surface area contributed by atoms with Crippen LogP contribution >= 0.6 is 0 Å². The van der Waals surface area contributed by atoms with E-state index >= 15 is 0 Å². The number of carbonyl (C=O) groups is 3. The second kappa shape index (κ2) is 6.05. The van der Waals surface area contributed by atoms with Gasteiger partial charge in [-0.1, -0.05) is 25.0 Å². The van der Waals surface area contributed by atoms with E-state index in [2.05, 4.69) is 21.3 Å². The minimum Gasteiger partial charge on any atom is -0.335 e. The normalized spacial score (nSPS) is 21.4. The zero-order valence-corrected chi connectivity index (χ0v) is 12.0. The van der Waals surface area contributed by atoms with Gasteiger partial charge in [0.1, 0.15) is 6.04 Å². The average Bonchev–Trinajstić information content (AvgIpc) is 3.08. The number of hydrogen-bond acceptors (Lipinski definition) is 3. The maximum absolute atomic E-state index is 11.9. The molecule has 1 saturated heterocycles. The maximum atomic E-state index is 11.9. The Hall–Kier alpha value is -2.57. The molecule has 1 heterocycles. The number of anilines is 1. The Morgan fingerprint density at radius 1 is 1.18 bits per heavy atom. The van der Waals surface area contributed by atoms with Crippen LogP contribution < -0.4 is 21.3 Å². The highest BCUT2D eigenvalue weighted by Crippen LogP contribution is 2.21. The summed E-state index contributed by atoms with van der Waals surface area (Å²) in [7, 11) is 0. The minimum atomic E-state index is -0.716. The van der Waals surface area contributed by atoms with Crippen molar-refractivity contribution in [2.24, 2.45) is 0 Å². The fourth-order valence-electron chi connectivity index (χ4n) is 2.87. The molecule has 5 amide bonds. The molecule has 1 unspecified atom stereocenters. The molecule has 2 fully saturated rings. The van der Waals surface area contributed by atoms with E-state index in [0.717, 1.165) is 25.7 Å². The molecule has 1 atom stereocenters. The first-order valence-corrected chi connectivity index (χ1v) is 7.40. The summed E-state index contributed by atoms with van der Waals surface area (Å²) in [6, 6.07) is 5.66. The van der Waals surface area contributed by atoms with E-state index in [0.29, 0.717) is 11.3 Å².